The summed E-state index contributed by atoms with van der Waals surface area (Å²) in [7, 11) is 0. The van der Waals surface area contributed by atoms with Crippen LogP contribution < -0.4 is 0 Å². The molecule has 0 aliphatic rings. The standard InChI is InChI=1S/C17H28/c1-4-5-6-7-8-9-10-14-17-15(2)12-11-13-16(17)3/h11-13H,4-10,14H2,1-3H3. The van der Waals surface area contributed by atoms with Crippen LogP contribution in [-0.4, -0.2) is 0 Å². The van der Waals surface area contributed by atoms with E-state index in [1.807, 2.05) is 0 Å². The topological polar surface area (TPSA) is 0 Å². The number of rotatable bonds is 8. The summed E-state index contributed by atoms with van der Waals surface area (Å²) in [5, 5.41) is 0. The van der Waals surface area contributed by atoms with Crippen molar-refractivity contribution in [1.29, 1.82) is 0 Å². The fourth-order valence-corrected chi connectivity index (χ4v) is 2.50. The Morgan fingerprint density at radius 2 is 1.29 bits per heavy atom. The second-order valence-electron chi connectivity index (χ2n) is 5.24. The minimum atomic E-state index is 1.27. The Morgan fingerprint density at radius 1 is 0.765 bits per heavy atom. The van der Waals surface area contributed by atoms with E-state index in [1.165, 1.54) is 62.5 Å². The van der Waals surface area contributed by atoms with Gasteiger partial charge in [0.05, 0.1) is 0 Å². The second-order valence-corrected chi connectivity index (χ2v) is 5.24. The van der Waals surface area contributed by atoms with E-state index in [9.17, 15) is 0 Å². The number of hydrogen-bond donors (Lipinski definition) is 0. The van der Waals surface area contributed by atoms with Gasteiger partial charge in [-0.1, -0.05) is 63.6 Å². The molecule has 0 bridgehead atoms. The summed E-state index contributed by atoms with van der Waals surface area (Å²) in [5.74, 6) is 0. The Morgan fingerprint density at radius 3 is 1.88 bits per heavy atom. The van der Waals surface area contributed by atoms with Crippen molar-refractivity contribution in [2.75, 3.05) is 0 Å². The van der Waals surface area contributed by atoms with Gasteiger partial charge in [-0.15, -0.1) is 0 Å². The van der Waals surface area contributed by atoms with Crippen LogP contribution in [0.25, 0.3) is 0 Å². The molecule has 0 N–H and O–H groups in total. The third-order valence-corrected chi connectivity index (χ3v) is 3.67. The van der Waals surface area contributed by atoms with Crippen molar-refractivity contribution in [2.45, 2.75) is 72.1 Å². The average molecular weight is 232 g/mol. The Balaban J connectivity index is 2.18. The molecule has 0 saturated heterocycles. The zero-order valence-electron chi connectivity index (χ0n) is 11.9. The second kappa shape index (κ2) is 8.33. The van der Waals surface area contributed by atoms with E-state index in [2.05, 4.69) is 39.0 Å². The first kappa shape index (κ1) is 14.3. The minimum absolute atomic E-state index is 1.27. The van der Waals surface area contributed by atoms with Crippen LogP contribution in [0.4, 0.5) is 0 Å². The minimum Gasteiger partial charge on any atom is -0.0654 e. The smallest absolute Gasteiger partial charge is 0.0274 e. The monoisotopic (exact) mass is 232 g/mol. The van der Waals surface area contributed by atoms with Crippen LogP contribution in [0.15, 0.2) is 18.2 Å². The predicted molar refractivity (Wildman–Crippen MR) is 77.6 cm³/mol. The van der Waals surface area contributed by atoms with Crippen molar-refractivity contribution in [2.24, 2.45) is 0 Å². The molecule has 0 radical (unpaired) electrons. The number of benzene rings is 1. The lowest BCUT2D eigenvalue weighted by atomic mass is 9.97. The maximum absolute atomic E-state index is 2.28. The van der Waals surface area contributed by atoms with E-state index in [0.717, 1.165) is 0 Å². The van der Waals surface area contributed by atoms with E-state index >= 15 is 0 Å². The van der Waals surface area contributed by atoms with Gasteiger partial charge in [0.1, 0.15) is 0 Å². The Hall–Kier alpha value is -0.780. The normalized spacial score (nSPS) is 10.8. The van der Waals surface area contributed by atoms with Gasteiger partial charge in [0.15, 0.2) is 0 Å². The van der Waals surface area contributed by atoms with Gasteiger partial charge < -0.3 is 0 Å². The van der Waals surface area contributed by atoms with Gasteiger partial charge in [0.25, 0.3) is 0 Å². The molecule has 96 valence electrons. The van der Waals surface area contributed by atoms with Crippen LogP contribution >= 0.6 is 0 Å². The van der Waals surface area contributed by atoms with Crippen LogP contribution in [0.2, 0.25) is 0 Å². The Labute approximate surface area is 107 Å². The molecular formula is C17H28. The van der Waals surface area contributed by atoms with Gasteiger partial charge in [0.2, 0.25) is 0 Å². The number of aryl methyl sites for hydroxylation is 2. The Kier molecular flexibility index (Phi) is 7.00. The molecule has 1 aromatic carbocycles. The van der Waals surface area contributed by atoms with Crippen molar-refractivity contribution in [3.8, 4) is 0 Å². The first-order chi connectivity index (χ1) is 8.25. The van der Waals surface area contributed by atoms with Crippen LogP contribution in [0, 0.1) is 13.8 Å². The average Bonchev–Trinajstić information content (AvgIpc) is 2.31. The Bertz CT molecular complexity index is 292. The summed E-state index contributed by atoms with van der Waals surface area (Å²) >= 11 is 0. The molecule has 0 aliphatic heterocycles. The van der Waals surface area contributed by atoms with Gasteiger partial charge in [-0.2, -0.15) is 0 Å². The molecule has 0 spiro atoms. The SMILES string of the molecule is CCCCCCCCCc1c(C)cccc1C. The quantitative estimate of drug-likeness (QED) is 0.512. The summed E-state index contributed by atoms with van der Waals surface area (Å²) in [4.78, 5) is 0. The molecule has 0 atom stereocenters. The molecule has 0 nitrogen and oxygen atoms in total. The van der Waals surface area contributed by atoms with E-state index in [4.69, 9.17) is 0 Å². The van der Waals surface area contributed by atoms with E-state index in [1.54, 1.807) is 5.56 Å². The van der Waals surface area contributed by atoms with Crippen molar-refractivity contribution in [1.82, 2.24) is 0 Å². The van der Waals surface area contributed by atoms with E-state index in [-0.39, 0.29) is 0 Å². The molecule has 17 heavy (non-hydrogen) atoms. The van der Waals surface area contributed by atoms with E-state index in [0.29, 0.717) is 0 Å². The highest BCUT2D eigenvalue weighted by molar-refractivity contribution is 5.33. The molecular weight excluding hydrogens is 204 g/mol. The zero-order valence-corrected chi connectivity index (χ0v) is 11.9. The maximum atomic E-state index is 2.28. The molecule has 1 aromatic rings. The fraction of sp³-hybridized carbons (Fsp3) is 0.647. The van der Waals surface area contributed by atoms with Gasteiger partial charge in [-0.3, -0.25) is 0 Å². The first-order valence-corrected chi connectivity index (χ1v) is 7.30. The molecule has 0 unspecified atom stereocenters. The number of unbranched alkanes of at least 4 members (excludes halogenated alkanes) is 6. The summed E-state index contributed by atoms with van der Waals surface area (Å²) in [6, 6.07) is 6.64. The summed E-state index contributed by atoms with van der Waals surface area (Å²) in [6.45, 7) is 6.76. The molecule has 0 aliphatic carbocycles. The third kappa shape index (κ3) is 5.39. The molecule has 0 fully saturated rings. The highest BCUT2D eigenvalue weighted by Gasteiger charge is 2.01. The van der Waals surface area contributed by atoms with Crippen LogP contribution in [0.1, 0.15) is 68.6 Å². The highest BCUT2D eigenvalue weighted by Crippen LogP contribution is 2.17. The zero-order chi connectivity index (χ0) is 12.5. The lowest BCUT2D eigenvalue weighted by Crippen LogP contribution is -1.93. The lowest BCUT2D eigenvalue weighted by Gasteiger charge is -2.09. The molecule has 1 rings (SSSR count). The van der Waals surface area contributed by atoms with Crippen LogP contribution in [0.3, 0.4) is 0 Å². The molecule has 0 aromatic heterocycles. The number of hydrogen-bond acceptors (Lipinski definition) is 0. The van der Waals surface area contributed by atoms with Crippen molar-refractivity contribution < 1.29 is 0 Å². The molecule has 0 heterocycles. The van der Waals surface area contributed by atoms with Crippen LogP contribution in [0.5, 0.6) is 0 Å². The summed E-state index contributed by atoms with van der Waals surface area (Å²) in [6.07, 6.45) is 11.1. The summed E-state index contributed by atoms with van der Waals surface area (Å²) < 4.78 is 0. The summed E-state index contributed by atoms with van der Waals surface area (Å²) in [5.41, 5.74) is 4.52. The highest BCUT2D eigenvalue weighted by atomic mass is 14.1. The molecule has 0 saturated carbocycles. The first-order valence-electron chi connectivity index (χ1n) is 7.30. The van der Waals surface area contributed by atoms with Gasteiger partial charge >= 0.3 is 0 Å². The van der Waals surface area contributed by atoms with Gasteiger partial charge in [-0.25, -0.2) is 0 Å². The fourth-order valence-electron chi connectivity index (χ4n) is 2.50. The van der Waals surface area contributed by atoms with Crippen LogP contribution in [-0.2, 0) is 6.42 Å². The van der Waals surface area contributed by atoms with E-state index < -0.39 is 0 Å². The van der Waals surface area contributed by atoms with Crippen molar-refractivity contribution in [3.05, 3.63) is 34.9 Å². The molecule has 0 heteroatoms. The maximum Gasteiger partial charge on any atom is -0.0274 e. The van der Waals surface area contributed by atoms with Gasteiger partial charge in [-0.05, 0) is 43.4 Å². The van der Waals surface area contributed by atoms with Gasteiger partial charge in [0, 0.05) is 0 Å². The van der Waals surface area contributed by atoms with Crippen molar-refractivity contribution >= 4 is 0 Å². The largest absolute Gasteiger partial charge is 0.0654 e. The lowest BCUT2D eigenvalue weighted by molar-refractivity contribution is 0.588. The molecule has 0 amide bonds. The van der Waals surface area contributed by atoms with Crippen molar-refractivity contribution in [3.63, 3.8) is 0 Å². The third-order valence-electron chi connectivity index (χ3n) is 3.67. The predicted octanol–water partition coefficient (Wildman–Crippen LogP) is 5.60.